The van der Waals surface area contributed by atoms with E-state index in [1.54, 1.807) is 0 Å². The van der Waals surface area contributed by atoms with Crippen LogP contribution in [0.3, 0.4) is 0 Å². The summed E-state index contributed by atoms with van der Waals surface area (Å²) in [6.07, 6.45) is 1.92. The Labute approximate surface area is 272 Å². The van der Waals surface area contributed by atoms with Gasteiger partial charge in [0.25, 0.3) is 6.08 Å². The van der Waals surface area contributed by atoms with Crippen molar-refractivity contribution in [3.63, 3.8) is 0 Å². The summed E-state index contributed by atoms with van der Waals surface area (Å²) in [6, 6.07) is -0.507. The molecule has 7 rings (SSSR count). The van der Waals surface area contributed by atoms with Crippen LogP contribution >= 0.6 is 34.2 Å². The largest absolute Gasteiger partial charge is 0.461 e. The molecule has 4 fully saturated rings. The zero-order chi connectivity index (χ0) is 31.3. The van der Waals surface area contributed by atoms with E-state index in [0.29, 0.717) is 42.7 Å². The van der Waals surface area contributed by atoms with Gasteiger partial charge < -0.3 is 14.4 Å². The molecule has 0 aliphatic carbocycles. The van der Waals surface area contributed by atoms with E-state index >= 15 is 4.39 Å². The summed E-state index contributed by atoms with van der Waals surface area (Å²) in [4.78, 5) is 28.9. The number of carbonyl (C=O) groups is 1. The molecule has 8 nitrogen and oxygen atoms in total. The number of fused-ring (bicyclic) bond motifs is 6. The van der Waals surface area contributed by atoms with E-state index in [-0.39, 0.29) is 69.5 Å². The van der Waals surface area contributed by atoms with Gasteiger partial charge in [0.15, 0.2) is 5.82 Å². The van der Waals surface area contributed by atoms with Crippen molar-refractivity contribution in [1.29, 1.82) is 0 Å². The number of nitrogens with zero attached hydrogens (tertiary/aromatic N) is 5. The first kappa shape index (κ1) is 30.3. The number of hydrogen-bond donors (Lipinski definition) is 0. The molecule has 4 saturated heterocycles. The van der Waals surface area contributed by atoms with Crippen molar-refractivity contribution in [2.24, 2.45) is 0 Å². The fraction of sp³-hybridized carbons (Fsp3) is 0.581. The summed E-state index contributed by atoms with van der Waals surface area (Å²) in [5.41, 5.74) is 0.339. The second-order valence-corrected chi connectivity index (χ2v) is 15.1. The van der Waals surface area contributed by atoms with Crippen LogP contribution in [0.1, 0.15) is 64.9 Å². The highest BCUT2D eigenvalue weighted by molar-refractivity contribution is 14.1. The second kappa shape index (κ2) is 10.6. The maximum atomic E-state index is 16.0. The predicted octanol–water partition coefficient (Wildman–Crippen LogP) is 7.17. The lowest BCUT2D eigenvalue weighted by Crippen LogP contribution is -2.62. The quantitative estimate of drug-likeness (QED) is 0.244. The van der Waals surface area contributed by atoms with E-state index in [4.69, 9.17) is 26.1 Å². The lowest BCUT2D eigenvalue weighted by Gasteiger charge is -2.47. The van der Waals surface area contributed by atoms with Crippen LogP contribution < -0.4 is 9.64 Å². The summed E-state index contributed by atoms with van der Waals surface area (Å²) in [5.74, 6) is -0.0834. The van der Waals surface area contributed by atoms with Crippen molar-refractivity contribution in [3.05, 3.63) is 38.2 Å². The highest BCUT2D eigenvalue weighted by Crippen LogP contribution is 2.50. The van der Waals surface area contributed by atoms with Gasteiger partial charge in [-0.3, -0.25) is 9.80 Å². The van der Waals surface area contributed by atoms with Gasteiger partial charge in [-0.25, -0.2) is 9.18 Å². The molecular weight excluding hydrogens is 710 g/mol. The number of carbonyl (C=O) groups excluding carboxylic acids is 1. The van der Waals surface area contributed by atoms with Crippen LogP contribution in [0.5, 0.6) is 6.01 Å². The van der Waals surface area contributed by atoms with Crippen molar-refractivity contribution < 1.29 is 27.4 Å². The fourth-order valence-electron chi connectivity index (χ4n) is 7.99. The SMILES string of the molecule is C=C1C[C@@H]2[C@@H]3CC[C@H](CN2c2nc(OC[C@@]45CCCN4CC(=C(F)F)C5)nc4c(F)c(I)c(Cl)c1c24)N3C(=O)OC(C)(C)C. The molecule has 2 aromatic rings. The predicted molar refractivity (Wildman–Crippen MR) is 170 cm³/mol. The summed E-state index contributed by atoms with van der Waals surface area (Å²) in [5, 5.41) is 0.733. The molecule has 44 heavy (non-hydrogen) atoms. The number of benzene rings is 1. The van der Waals surface area contributed by atoms with Gasteiger partial charge in [0.2, 0.25) is 0 Å². The van der Waals surface area contributed by atoms with E-state index in [1.165, 1.54) is 0 Å². The first-order chi connectivity index (χ1) is 20.8. The lowest BCUT2D eigenvalue weighted by atomic mass is 9.93. The Balaban J connectivity index is 1.30. The van der Waals surface area contributed by atoms with E-state index in [0.717, 1.165) is 24.8 Å². The van der Waals surface area contributed by atoms with Crippen molar-refractivity contribution in [2.75, 3.05) is 31.1 Å². The summed E-state index contributed by atoms with van der Waals surface area (Å²) >= 11 is 8.68. The zero-order valence-corrected chi connectivity index (χ0v) is 27.8. The molecule has 0 radical (unpaired) electrons. The van der Waals surface area contributed by atoms with Crippen LogP contribution in [0.2, 0.25) is 5.02 Å². The molecule has 0 spiro atoms. The van der Waals surface area contributed by atoms with Crippen LogP contribution in [0.4, 0.5) is 23.8 Å². The van der Waals surface area contributed by atoms with E-state index in [1.807, 2.05) is 53.2 Å². The fourth-order valence-corrected chi connectivity index (χ4v) is 8.83. The number of amides is 1. The zero-order valence-electron chi connectivity index (χ0n) is 24.9. The third-order valence-electron chi connectivity index (χ3n) is 9.82. The minimum atomic E-state index is -1.63. The van der Waals surface area contributed by atoms with Gasteiger partial charge in [0, 0.05) is 24.2 Å². The molecule has 2 bridgehead atoms. The van der Waals surface area contributed by atoms with Crippen LogP contribution in [0.25, 0.3) is 16.5 Å². The van der Waals surface area contributed by atoms with E-state index < -0.39 is 23.0 Å². The van der Waals surface area contributed by atoms with Gasteiger partial charge in [0.05, 0.1) is 37.6 Å². The van der Waals surface area contributed by atoms with Crippen molar-refractivity contribution in [1.82, 2.24) is 19.8 Å². The van der Waals surface area contributed by atoms with Crippen molar-refractivity contribution in [3.8, 4) is 6.01 Å². The Kier molecular flexibility index (Phi) is 7.32. The first-order valence-electron chi connectivity index (χ1n) is 15.0. The lowest BCUT2D eigenvalue weighted by molar-refractivity contribution is 0.00777. The maximum absolute atomic E-state index is 16.0. The highest BCUT2D eigenvalue weighted by Gasteiger charge is 2.52. The third kappa shape index (κ3) is 4.76. The minimum Gasteiger partial charge on any atom is -0.461 e. The number of rotatable bonds is 3. The summed E-state index contributed by atoms with van der Waals surface area (Å²) in [7, 11) is 0. The number of halogens is 5. The number of ether oxygens (including phenoxy) is 2. The van der Waals surface area contributed by atoms with Gasteiger partial charge in [0.1, 0.15) is 23.5 Å². The second-order valence-electron chi connectivity index (χ2n) is 13.7. The van der Waals surface area contributed by atoms with Gasteiger partial charge in [-0.2, -0.15) is 18.7 Å². The first-order valence-corrected chi connectivity index (χ1v) is 16.5. The molecule has 5 aliphatic rings. The van der Waals surface area contributed by atoms with Gasteiger partial charge in [-0.1, -0.05) is 18.2 Å². The average Bonchev–Trinajstić information content (AvgIpc) is 3.58. The number of hydrogen-bond acceptors (Lipinski definition) is 7. The van der Waals surface area contributed by atoms with Crippen LogP contribution in [0, 0.1) is 9.39 Å². The Morgan fingerprint density at radius 1 is 1.23 bits per heavy atom. The highest BCUT2D eigenvalue weighted by atomic mass is 127. The Hall–Kier alpha value is -2.32. The number of aromatic nitrogens is 2. The van der Waals surface area contributed by atoms with E-state index in [2.05, 4.69) is 16.5 Å². The van der Waals surface area contributed by atoms with Gasteiger partial charge in [-0.05, 0) is 94.0 Å². The standard InChI is InChI=1S/C31H34ClF3IN5O3/c1-15-10-19-18-7-6-17(41(18)29(42)44-30(2,3)4)13-40(19)27-21-20(15)22(32)24(36)23(33)25(21)37-28(38-27)43-14-31-8-5-9-39(31)12-16(11-31)26(34)35/h17-19H,1,5-14H2,2-4H3/t17-,18+,19-,31+/m1/s1. The molecule has 4 atom stereocenters. The number of piperazine rings is 1. The molecule has 5 aliphatic heterocycles. The van der Waals surface area contributed by atoms with Crippen LogP contribution in [-0.4, -0.2) is 81.4 Å². The molecule has 6 heterocycles. The van der Waals surface area contributed by atoms with Crippen molar-refractivity contribution >= 4 is 62.6 Å². The molecular formula is C31H34ClF3IN5O3. The smallest absolute Gasteiger partial charge is 0.410 e. The maximum Gasteiger partial charge on any atom is 0.410 e. The molecule has 0 unspecified atom stereocenters. The molecule has 1 aromatic heterocycles. The topological polar surface area (TPSA) is 71.0 Å². The molecule has 13 heteroatoms. The Morgan fingerprint density at radius 2 is 2.00 bits per heavy atom. The molecule has 236 valence electrons. The molecule has 1 aromatic carbocycles. The minimum absolute atomic E-state index is 0.0111. The van der Waals surface area contributed by atoms with E-state index in [9.17, 15) is 13.6 Å². The molecule has 1 amide bonds. The third-order valence-corrected chi connectivity index (χ3v) is 11.5. The average molecular weight is 744 g/mol. The Morgan fingerprint density at radius 3 is 2.73 bits per heavy atom. The van der Waals surface area contributed by atoms with Gasteiger partial charge in [-0.15, -0.1) is 0 Å². The number of anilines is 1. The monoisotopic (exact) mass is 743 g/mol. The van der Waals surface area contributed by atoms with Crippen molar-refractivity contribution in [2.45, 2.75) is 88.6 Å². The van der Waals surface area contributed by atoms with Crippen LogP contribution in [-0.2, 0) is 4.74 Å². The normalized spacial score (nSPS) is 28.0. The molecule has 0 N–H and O–H groups in total. The molecule has 0 saturated carbocycles. The summed E-state index contributed by atoms with van der Waals surface area (Å²) < 4.78 is 55.3. The van der Waals surface area contributed by atoms with Crippen LogP contribution in [0.15, 0.2) is 18.2 Å². The summed E-state index contributed by atoms with van der Waals surface area (Å²) in [6.45, 7) is 11.4. The Bertz CT molecular complexity index is 1630. The van der Waals surface area contributed by atoms with Gasteiger partial charge >= 0.3 is 12.1 Å².